The Balaban J connectivity index is 1.91. The number of carbonyl (C=O) groups excluding carboxylic acids is 1. The van der Waals surface area contributed by atoms with Gasteiger partial charge >= 0.3 is 0 Å². The molecule has 7 nitrogen and oxygen atoms in total. The lowest BCUT2D eigenvalue weighted by Crippen LogP contribution is -1.99. The maximum atomic E-state index is 11.0. The average molecular weight is 468 g/mol. The van der Waals surface area contributed by atoms with Gasteiger partial charge in [0.15, 0.2) is 6.29 Å². The maximum absolute atomic E-state index is 11.0. The number of rotatable bonds is 6. The van der Waals surface area contributed by atoms with Gasteiger partial charge in [0.1, 0.15) is 29.6 Å². The molecule has 0 radical (unpaired) electrons. The van der Waals surface area contributed by atoms with Crippen LogP contribution in [0.1, 0.15) is 15.9 Å². The van der Waals surface area contributed by atoms with Crippen molar-refractivity contribution in [3.8, 4) is 28.9 Å². The van der Waals surface area contributed by atoms with Crippen LogP contribution in [0.2, 0.25) is 10.0 Å². The van der Waals surface area contributed by atoms with Crippen LogP contribution in [0.3, 0.4) is 0 Å². The summed E-state index contributed by atoms with van der Waals surface area (Å²) in [7, 11) is 3.02. The van der Waals surface area contributed by atoms with Gasteiger partial charge in [-0.15, -0.1) is 0 Å². The number of benzene rings is 2. The van der Waals surface area contributed by atoms with Crippen molar-refractivity contribution in [3.05, 3.63) is 64.0 Å². The number of nitriles is 1. The first-order valence-corrected chi connectivity index (χ1v) is 9.99. The van der Waals surface area contributed by atoms with Crippen molar-refractivity contribution in [1.82, 2.24) is 4.98 Å². The Morgan fingerprint density at radius 1 is 1.09 bits per heavy atom. The maximum Gasteiger partial charge on any atom is 0.153 e. The molecule has 160 valence electrons. The van der Waals surface area contributed by atoms with Gasteiger partial charge in [-0.1, -0.05) is 23.2 Å². The van der Waals surface area contributed by atoms with Crippen LogP contribution in [0.25, 0.3) is 22.2 Å². The third-order valence-electron chi connectivity index (χ3n) is 4.83. The van der Waals surface area contributed by atoms with Gasteiger partial charge in [0.25, 0.3) is 0 Å². The molecule has 4 aromatic rings. The van der Waals surface area contributed by atoms with Gasteiger partial charge in [-0.05, 0) is 24.3 Å². The number of hydrogen-bond acceptors (Lipinski definition) is 7. The molecule has 0 spiro atoms. The molecule has 0 atom stereocenters. The monoisotopic (exact) mass is 467 g/mol. The first kappa shape index (κ1) is 21.5. The van der Waals surface area contributed by atoms with Gasteiger partial charge in [-0.25, -0.2) is 0 Å². The molecule has 2 aromatic carbocycles. The van der Waals surface area contributed by atoms with Crippen LogP contribution in [0.4, 0.5) is 11.4 Å². The number of anilines is 2. The number of hydrogen-bond donors (Lipinski definition) is 1. The van der Waals surface area contributed by atoms with Gasteiger partial charge in [0, 0.05) is 17.6 Å². The standard InChI is InChI=1S/C23H15Cl2N3O4/c1-30-20-5-14-18(4-15(20)21-3-12(10-29)11-32-21)27-9-13(8-26)23(14)28-19-7-22(31-2)17(25)6-16(19)24/h3-7,9-11H,1-2H3,(H,27,28). The number of nitrogens with zero attached hydrogens (tertiary/aromatic N) is 2. The Morgan fingerprint density at radius 3 is 2.53 bits per heavy atom. The molecule has 1 N–H and O–H groups in total. The highest BCUT2D eigenvalue weighted by molar-refractivity contribution is 6.37. The lowest BCUT2D eigenvalue weighted by Gasteiger charge is -2.16. The Morgan fingerprint density at radius 2 is 1.88 bits per heavy atom. The minimum atomic E-state index is 0.304. The number of pyridine rings is 1. The quantitative estimate of drug-likeness (QED) is 0.334. The van der Waals surface area contributed by atoms with E-state index in [9.17, 15) is 10.1 Å². The fraction of sp³-hybridized carbons (Fsp3) is 0.0870. The fourth-order valence-corrected chi connectivity index (χ4v) is 3.78. The second-order valence-electron chi connectivity index (χ2n) is 6.68. The Kier molecular flexibility index (Phi) is 5.91. The number of carbonyl (C=O) groups is 1. The van der Waals surface area contributed by atoms with E-state index in [0.717, 1.165) is 0 Å². The molecule has 0 aliphatic heterocycles. The van der Waals surface area contributed by atoms with E-state index in [4.69, 9.17) is 37.1 Å². The van der Waals surface area contributed by atoms with Crippen LogP contribution in [0.5, 0.6) is 11.5 Å². The minimum Gasteiger partial charge on any atom is -0.496 e. The second kappa shape index (κ2) is 8.79. The third-order valence-corrected chi connectivity index (χ3v) is 5.44. The molecule has 0 unspecified atom stereocenters. The zero-order chi connectivity index (χ0) is 22.8. The van der Waals surface area contributed by atoms with Gasteiger partial charge < -0.3 is 19.2 Å². The van der Waals surface area contributed by atoms with E-state index in [-0.39, 0.29) is 0 Å². The highest BCUT2D eigenvalue weighted by Crippen LogP contribution is 2.41. The number of ether oxygens (including phenoxy) is 2. The predicted octanol–water partition coefficient (Wildman–Crippen LogP) is 6.25. The van der Waals surface area contributed by atoms with E-state index in [1.54, 1.807) is 30.3 Å². The van der Waals surface area contributed by atoms with E-state index in [1.807, 2.05) is 0 Å². The lowest BCUT2D eigenvalue weighted by molar-refractivity contribution is 0.112. The molecule has 0 aliphatic carbocycles. The number of nitrogens with one attached hydrogen (secondary N) is 1. The molecule has 0 saturated carbocycles. The predicted molar refractivity (Wildman–Crippen MR) is 122 cm³/mol. The highest BCUT2D eigenvalue weighted by Gasteiger charge is 2.18. The Labute approximate surface area is 193 Å². The van der Waals surface area contributed by atoms with E-state index in [1.165, 1.54) is 26.7 Å². The Bertz CT molecular complexity index is 1390. The van der Waals surface area contributed by atoms with E-state index >= 15 is 0 Å². The smallest absolute Gasteiger partial charge is 0.153 e. The summed E-state index contributed by atoms with van der Waals surface area (Å²) < 4.78 is 16.3. The minimum absolute atomic E-state index is 0.304. The summed E-state index contributed by atoms with van der Waals surface area (Å²) >= 11 is 12.5. The number of halogens is 2. The molecule has 2 aromatic heterocycles. The van der Waals surface area contributed by atoms with Crippen molar-refractivity contribution in [2.45, 2.75) is 0 Å². The normalized spacial score (nSPS) is 10.6. The number of aldehydes is 1. The number of furan rings is 1. The van der Waals surface area contributed by atoms with Gasteiger partial charge in [-0.3, -0.25) is 9.78 Å². The summed E-state index contributed by atoms with van der Waals surface area (Å²) in [5.41, 5.74) is 2.89. The van der Waals surface area contributed by atoms with Crippen molar-refractivity contribution in [3.63, 3.8) is 0 Å². The zero-order valence-corrected chi connectivity index (χ0v) is 18.4. The van der Waals surface area contributed by atoms with E-state index in [2.05, 4.69) is 16.4 Å². The summed E-state index contributed by atoms with van der Waals surface area (Å²) in [6, 6.07) is 10.5. The Hall–Kier alpha value is -3.73. The van der Waals surface area contributed by atoms with Crippen LogP contribution in [0, 0.1) is 11.3 Å². The summed E-state index contributed by atoms with van der Waals surface area (Å²) in [5, 5.41) is 14.2. The summed E-state index contributed by atoms with van der Waals surface area (Å²) in [6.07, 6.45) is 3.52. The molecular weight excluding hydrogens is 453 g/mol. The second-order valence-corrected chi connectivity index (χ2v) is 7.50. The summed E-state index contributed by atoms with van der Waals surface area (Å²) in [4.78, 5) is 15.4. The number of fused-ring (bicyclic) bond motifs is 1. The van der Waals surface area contributed by atoms with Crippen LogP contribution < -0.4 is 14.8 Å². The third kappa shape index (κ3) is 3.82. The first-order valence-electron chi connectivity index (χ1n) is 9.24. The number of methoxy groups -OCH3 is 2. The van der Waals surface area contributed by atoms with Gasteiger partial charge in [-0.2, -0.15) is 5.26 Å². The van der Waals surface area contributed by atoms with Crippen molar-refractivity contribution >= 4 is 51.8 Å². The largest absolute Gasteiger partial charge is 0.496 e. The van der Waals surface area contributed by atoms with Crippen LogP contribution in [-0.4, -0.2) is 25.5 Å². The lowest BCUT2D eigenvalue weighted by atomic mass is 10.0. The zero-order valence-electron chi connectivity index (χ0n) is 16.9. The highest BCUT2D eigenvalue weighted by atomic mass is 35.5. The fourth-order valence-electron chi connectivity index (χ4n) is 3.27. The summed E-state index contributed by atoms with van der Waals surface area (Å²) in [5.74, 6) is 1.36. The first-order chi connectivity index (χ1) is 15.5. The molecule has 32 heavy (non-hydrogen) atoms. The van der Waals surface area contributed by atoms with Gasteiger partial charge in [0.2, 0.25) is 0 Å². The van der Waals surface area contributed by atoms with Gasteiger partial charge in [0.05, 0.1) is 57.8 Å². The molecule has 0 amide bonds. The van der Waals surface area contributed by atoms with Crippen molar-refractivity contribution in [2.24, 2.45) is 0 Å². The van der Waals surface area contributed by atoms with E-state index < -0.39 is 0 Å². The molecule has 4 rings (SSSR count). The average Bonchev–Trinajstić information content (AvgIpc) is 3.29. The molecule has 0 bridgehead atoms. The summed E-state index contributed by atoms with van der Waals surface area (Å²) in [6.45, 7) is 0. The SMILES string of the molecule is COc1cc(Nc2c(C#N)cnc3cc(-c4cc(C=O)co4)c(OC)cc23)c(Cl)cc1Cl. The van der Waals surface area contributed by atoms with Crippen molar-refractivity contribution in [2.75, 3.05) is 19.5 Å². The molecule has 0 saturated heterocycles. The van der Waals surface area contributed by atoms with Crippen LogP contribution in [0.15, 0.2) is 47.2 Å². The molecule has 0 fully saturated rings. The topological polar surface area (TPSA) is 97.4 Å². The van der Waals surface area contributed by atoms with Crippen molar-refractivity contribution in [1.29, 1.82) is 5.26 Å². The van der Waals surface area contributed by atoms with Crippen LogP contribution in [-0.2, 0) is 0 Å². The van der Waals surface area contributed by atoms with E-state index in [0.29, 0.717) is 72.6 Å². The van der Waals surface area contributed by atoms with Crippen LogP contribution >= 0.6 is 23.2 Å². The van der Waals surface area contributed by atoms with Crippen molar-refractivity contribution < 1.29 is 18.7 Å². The molecule has 2 heterocycles. The molecular formula is C23H15Cl2N3O4. The molecule has 0 aliphatic rings. The number of aromatic nitrogens is 1. The molecule has 9 heteroatoms.